The molecule has 0 fully saturated rings. The predicted octanol–water partition coefficient (Wildman–Crippen LogP) is 3.64. The van der Waals surface area contributed by atoms with Crippen LogP contribution in [0.2, 0.25) is 0 Å². The van der Waals surface area contributed by atoms with Crippen LogP contribution in [0, 0.1) is 0 Å². The summed E-state index contributed by atoms with van der Waals surface area (Å²) in [6.07, 6.45) is 0. The molecule has 0 aliphatic heterocycles. The maximum absolute atomic E-state index is 5.73. The van der Waals surface area contributed by atoms with Crippen LogP contribution < -0.4 is 15.2 Å². The van der Waals surface area contributed by atoms with Crippen molar-refractivity contribution in [2.75, 3.05) is 12.3 Å². The van der Waals surface area contributed by atoms with E-state index in [2.05, 4.69) is 10.2 Å². The first-order chi connectivity index (χ1) is 11.2. The average Bonchev–Trinajstić information content (AvgIpc) is 3.03. The third kappa shape index (κ3) is 3.83. The van der Waals surface area contributed by atoms with Crippen LogP contribution >= 0.6 is 0 Å². The molecule has 118 valence electrons. The van der Waals surface area contributed by atoms with E-state index in [0.717, 1.165) is 28.5 Å². The minimum absolute atomic E-state index is 0.410. The van der Waals surface area contributed by atoms with Crippen LogP contribution in [0.4, 0.5) is 5.69 Å². The summed E-state index contributed by atoms with van der Waals surface area (Å²) in [5, 5.41) is 7.31. The molecule has 3 N–H and O–H groups in total. The van der Waals surface area contributed by atoms with Crippen LogP contribution in [-0.4, -0.2) is 16.8 Å². The Labute approximate surface area is 135 Å². The first-order valence-electron chi connectivity index (χ1n) is 7.50. The van der Waals surface area contributed by atoms with Crippen molar-refractivity contribution in [1.29, 1.82) is 0 Å². The molecule has 1 heterocycles. The van der Waals surface area contributed by atoms with Gasteiger partial charge in [-0.2, -0.15) is 5.10 Å². The highest BCUT2D eigenvalue weighted by Gasteiger charge is 2.05. The smallest absolute Gasteiger partial charge is 0.130 e. The summed E-state index contributed by atoms with van der Waals surface area (Å²) in [7, 11) is 0. The van der Waals surface area contributed by atoms with Gasteiger partial charge in [-0.1, -0.05) is 6.07 Å². The van der Waals surface area contributed by atoms with Gasteiger partial charge < -0.3 is 15.2 Å². The van der Waals surface area contributed by atoms with Crippen LogP contribution in [0.15, 0.2) is 54.6 Å². The Morgan fingerprint density at radius 1 is 1.00 bits per heavy atom. The Morgan fingerprint density at radius 2 is 1.83 bits per heavy atom. The monoisotopic (exact) mass is 309 g/mol. The molecular weight excluding hydrogens is 290 g/mol. The van der Waals surface area contributed by atoms with Gasteiger partial charge in [0.05, 0.1) is 18.0 Å². The second kappa shape index (κ2) is 6.87. The lowest BCUT2D eigenvalue weighted by Gasteiger charge is -2.04. The minimum Gasteiger partial charge on any atom is -0.494 e. The molecule has 23 heavy (non-hydrogen) atoms. The number of hydrogen-bond acceptors (Lipinski definition) is 4. The van der Waals surface area contributed by atoms with Gasteiger partial charge in [-0.05, 0) is 49.4 Å². The fourth-order valence-electron chi connectivity index (χ4n) is 2.24. The van der Waals surface area contributed by atoms with Crippen molar-refractivity contribution in [3.8, 4) is 22.8 Å². The zero-order valence-corrected chi connectivity index (χ0v) is 13.0. The second-order valence-corrected chi connectivity index (χ2v) is 5.10. The van der Waals surface area contributed by atoms with Crippen molar-refractivity contribution in [1.82, 2.24) is 10.2 Å². The maximum atomic E-state index is 5.73. The van der Waals surface area contributed by atoms with Gasteiger partial charge in [0.15, 0.2) is 0 Å². The molecule has 1 aromatic heterocycles. The Kier molecular flexibility index (Phi) is 4.47. The lowest BCUT2D eigenvalue weighted by molar-refractivity contribution is 0.301. The lowest BCUT2D eigenvalue weighted by Crippen LogP contribution is -1.96. The number of nitrogens with one attached hydrogen (secondary N) is 1. The number of rotatable bonds is 6. The highest BCUT2D eigenvalue weighted by Crippen LogP contribution is 2.22. The number of H-pyrrole nitrogens is 1. The number of benzene rings is 2. The van der Waals surface area contributed by atoms with Gasteiger partial charge in [-0.15, -0.1) is 0 Å². The Bertz CT molecular complexity index is 766. The molecule has 0 unspecified atom stereocenters. The zero-order valence-electron chi connectivity index (χ0n) is 13.0. The molecule has 0 atom stereocenters. The molecule has 0 saturated carbocycles. The fourth-order valence-corrected chi connectivity index (χ4v) is 2.24. The maximum Gasteiger partial charge on any atom is 0.130 e. The van der Waals surface area contributed by atoms with E-state index in [4.69, 9.17) is 15.2 Å². The van der Waals surface area contributed by atoms with Gasteiger partial charge in [0.25, 0.3) is 0 Å². The molecule has 3 aromatic rings. The Morgan fingerprint density at radius 3 is 2.57 bits per heavy atom. The predicted molar refractivity (Wildman–Crippen MR) is 90.4 cm³/mol. The summed E-state index contributed by atoms with van der Waals surface area (Å²) in [6.45, 7) is 3.04. The van der Waals surface area contributed by atoms with Crippen LogP contribution in [0.1, 0.15) is 12.6 Å². The normalized spacial score (nSPS) is 10.5. The number of anilines is 1. The Balaban J connectivity index is 1.65. The first-order valence-corrected chi connectivity index (χ1v) is 7.50. The SMILES string of the molecule is CCOc1ccc(-c2cc(COc3cccc(N)c3)[nH]n2)cc1. The molecule has 0 saturated heterocycles. The number of nitrogen functional groups attached to an aromatic ring is 1. The molecule has 0 amide bonds. The lowest BCUT2D eigenvalue weighted by atomic mass is 10.1. The largest absolute Gasteiger partial charge is 0.494 e. The molecular formula is C18H19N3O2. The summed E-state index contributed by atoms with van der Waals surface area (Å²) < 4.78 is 11.1. The molecule has 0 aliphatic carbocycles. The zero-order chi connectivity index (χ0) is 16.1. The molecule has 5 heteroatoms. The average molecular weight is 309 g/mol. The van der Waals surface area contributed by atoms with Crippen LogP contribution in [0.3, 0.4) is 0 Å². The van der Waals surface area contributed by atoms with Crippen molar-refractivity contribution >= 4 is 5.69 Å². The van der Waals surface area contributed by atoms with Gasteiger partial charge in [-0.3, -0.25) is 5.10 Å². The molecule has 2 aromatic carbocycles. The van der Waals surface area contributed by atoms with Crippen molar-refractivity contribution in [2.45, 2.75) is 13.5 Å². The van der Waals surface area contributed by atoms with Crippen LogP contribution in [0.25, 0.3) is 11.3 Å². The number of nitrogens with zero attached hydrogens (tertiary/aromatic N) is 1. The van der Waals surface area contributed by atoms with Gasteiger partial charge >= 0.3 is 0 Å². The highest BCUT2D eigenvalue weighted by molar-refractivity contribution is 5.60. The quantitative estimate of drug-likeness (QED) is 0.682. The van der Waals surface area contributed by atoms with Crippen LogP contribution in [-0.2, 0) is 6.61 Å². The van der Waals surface area contributed by atoms with Crippen molar-refractivity contribution in [3.05, 3.63) is 60.3 Å². The summed E-state index contributed by atoms with van der Waals surface area (Å²) in [4.78, 5) is 0. The van der Waals surface area contributed by atoms with Crippen molar-refractivity contribution in [2.24, 2.45) is 0 Å². The number of aromatic amines is 1. The molecule has 0 aliphatic rings. The van der Waals surface area contributed by atoms with Gasteiger partial charge in [0, 0.05) is 17.3 Å². The van der Waals surface area contributed by atoms with Gasteiger partial charge in [0.2, 0.25) is 0 Å². The third-order valence-corrected chi connectivity index (χ3v) is 3.34. The topological polar surface area (TPSA) is 73.2 Å². The molecule has 0 spiro atoms. The highest BCUT2D eigenvalue weighted by atomic mass is 16.5. The molecule has 0 bridgehead atoms. The summed E-state index contributed by atoms with van der Waals surface area (Å²) in [5.41, 5.74) is 9.21. The van der Waals surface area contributed by atoms with E-state index in [1.807, 2.05) is 55.5 Å². The number of aromatic nitrogens is 2. The molecule has 0 radical (unpaired) electrons. The summed E-state index contributed by atoms with van der Waals surface area (Å²) in [5.74, 6) is 1.60. The van der Waals surface area contributed by atoms with E-state index >= 15 is 0 Å². The van der Waals surface area contributed by atoms with Gasteiger partial charge in [0.1, 0.15) is 18.1 Å². The van der Waals surface area contributed by atoms with E-state index in [9.17, 15) is 0 Å². The molecule has 3 rings (SSSR count). The standard InChI is InChI=1S/C18H19N3O2/c1-2-22-16-8-6-13(7-9-16)18-11-15(20-21-18)12-23-17-5-3-4-14(19)10-17/h3-11H,2,12,19H2,1H3,(H,20,21). The minimum atomic E-state index is 0.410. The number of nitrogens with two attached hydrogens (primary N) is 1. The number of ether oxygens (including phenoxy) is 2. The third-order valence-electron chi connectivity index (χ3n) is 3.34. The van der Waals surface area contributed by atoms with Crippen molar-refractivity contribution < 1.29 is 9.47 Å². The summed E-state index contributed by atoms with van der Waals surface area (Å²) in [6, 6.07) is 17.2. The van der Waals surface area contributed by atoms with E-state index in [-0.39, 0.29) is 0 Å². The van der Waals surface area contributed by atoms with Crippen LogP contribution in [0.5, 0.6) is 11.5 Å². The Hall–Kier alpha value is -2.95. The van der Waals surface area contributed by atoms with E-state index in [1.165, 1.54) is 0 Å². The fraction of sp³-hybridized carbons (Fsp3) is 0.167. The van der Waals surface area contributed by atoms with E-state index < -0.39 is 0 Å². The van der Waals surface area contributed by atoms with E-state index in [0.29, 0.717) is 18.9 Å². The summed E-state index contributed by atoms with van der Waals surface area (Å²) >= 11 is 0. The molecule has 5 nitrogen and oxygen atoms in total. The van der Waals surface area contributed by atoms with E-state index in [1.54, 1.807) is 6.07 Å². The number of hydrogen-bond donors (Lipinski definition) is 2. The van der Waals surface area contributed by atoms with Crippen molar-refractivity contribution in [3.63, 3.8) is 0 Å². The second-order valence-electron chi connectivity index (χ2n) is 5.10. The van der Waals surface area contributed by atoms with Gasteiger partial charge in [-0.25, -0.2) is 0 Å². The first kappa shape index (κ1) is 15.0.